The van der Waals surface area contributed by atoms with Gasteiger partial charge in [0.25, 0.3) is 0 Å². The number of fused-ring (bicyclic) bond motifs is 1. The number of hydrogen-bond acceptors (Lipinski definition) is 7. The average Bonchev–Trinajstić information content (AvgIpc) is 3.37. The van der Waals surface area contributed by atoms with Crippen LogP contribution >= 0.6 is 0 Å². The van der Waals surface area contributed by atoms with Crippen LogP contribution in [0.1, 0.15) is 75.7 Å². The minimum atomic E-state index is -0.549. The largest absolute Gasteiger partial charge is 0.464 e. The number of imidazole rings is 1. The topological polar surface area (TPSA) is 98.1 Å². The molecule has 1 saturated heterocycles. The summed E-state index contributed by atoms with van der Waals surface area (Å²) in [6.07, 6.45) is 12.4. The van der Waals surface area contributed by atoms with Crippen molar-refractivity contribution < 1.29 is 14.3 Å². The maximum atomic E-state index is 13.0. The van der Waals surface area contributed by atoms with Crippen LogP contribution in [0.15, 0.2) is 54.4 Å². The van der Waals surface area contributed by atoms with Gasteiger partial charge in [-0.15, -0.1) is 0 Å². The van der Waals surface area contributed by atoms with E-state index in [0.717, 1.165) is 79.0 Å². The van der Waals surface area contributed by atoms with Crippen LogP contribution in [-0.4, -0.2) is 45.5 Å². The van der Waals surface area contributed by atoms with Gasteiger partial charge >= 0.3 is 5.97 Å². The molecule has 2 atom stereocenters. The van der Waals surface area contributed by atoms with Crippen molar-refractivity contribution in [2.45, 2.75) is 76.8 Å². The highest BCUT2D eigenvalue weighted by molar-refractivity contribution is 6.05. The number of hydrogen-bond donors (Lipinski definition) is 2. The fraction of sp³-hybridized carbons (Fsp3) is 0.484. The van der Waals surface area contributed by atoms with Crippen molar-refractivity contribution in [2.24, 2.45) is 5.41 Å². The Morgan fingerprint density at radius 3 is 2.69 bits per heavy atom. The van der Waals surface area contributed by atoms with Crippen LogP contribution < -0.4 is 10.6 Å². The number of aromatic nitrogens is 3. The summed E-state index contributed by atoms with van der Waals surface area (Å²) < 4.78 is 7.57. The van der Waals surface area contributed by atoms with Crippen molar-refractivity contribution in [3.05, 3.63) is 65.8 Å². The second kappa shape index (κ2) is 10.9. The predicted molar refractivity (Wildman–Crippen MR) is 149 cm³/mol. The number of rotatable bonds is 8. The summed E-state index contributed by atoms with van der Waals surface area (Å²) in [6.45, 7) is 3.13. The summed E-state index contributed by atoms with van der Waals surface area (Å²) >= 11 is 0. The molecule has 0 unspecified atom stereocenters. The summed E-state index contributed by atoms with van der Waals surface area (Å²) in [7, 11) is 0. The van der Waals surface area contributed by atoms with Gasteiger partial charge in [-0.25, -0.2) is 14.8 Å². The molecule has 1 spiro atoms. The van der Waals surface area contributed by atoms with E-state index in [1.807, 2.05) is 25.3 Å². The molecule has 1 saturated carbocycles. The Morgan fingerprint density at radius 2 is 1.97 bits per heavy atom. The van der Waals surface area contributed by atoms with Crippen LogP contribution in [-0.2, 0) is 20.7 Å². The first kappa shape index (κ1) is 25.7. The number of allylic oxidation sites excluding steroid dienone is 2. The number of carbonyl (C=O) groups is 2. The van der Waals surface area contributed by atoms with E-state index in [-0.39, 0.29) is 17.8 Å². The lowest BCUT2D eigenvalue weighted by atomic mass is 9.62. The molecule has 6 rings (SSSR count). The molecular formula is C31H37N5O3. The summed E-state index contributed by atoms with van der Waals surface area (Å²) in [5.41, 5.74) is 4.22. The molecule has 2 aliphatic carbocycles. The Balaban J connectivity index is 1.25. The Kier molecular flexibility index (Phi) is 7.21. The minimum Gasteiger partial charge on any atom is -0.464 e. The third-order valence-corrected chi connectivity index (χ3v) is 8.57. The zero-order valence-corrected chi connectivity index (χ0v) is 22.6. The number of benzene rings is 1. The molecule has 0 amide bonds. The van der Waals surface area contributed by atoms with Crippen LogP contribution in [0.5, 0.6) is 0 Å². The zero-order chi connectivity index (χ0) is 26.8. The SMILES string of the molecule is CCOC(=O)[C@H](Cc1ccc(-n2c([C@@H]3CCCCN3)nc3cccnc32)cc1)NC1=CC(=O)C12CCCCC2. The van der Waals surface area contributed by atoms with Gasteiger partial charge in [-0.1, -0.05) is 37.8 Å². The van der Waals surface area contributed by atoms with Crippen molar-refractivity contribution in [2.75, 3.05) is 13.2 Å². The number of nitrogens with zero attached hydrogens (tertiary/aromatic N) is 3. The van der Waals surface area contributed by atoms with Crippen molar-refractivity contribution in [1.29, 1.82) is 0 Å². The van der Waals surface area contributed by atoms with Gasteiger partial charge in [0.05, 0.1) is 18.1 Å². The smallest absolute Gasteiger partial charge is 0.328 e. The Morgan fingerprint density at radius 1 is 1.15 bits per heavy atom. The van der Waals surface area contributed by atoms with E-state index < -0.39 is 11.5 Å². The number of ketones is 1. The number of pyridine rings is 1. The van der Waals surface area contributed by atoms with Gasteiger partial charge in [0.1, 0.15) is 17.4 Å². The fourth-order valence-corrected chi connectivity index (χ4v) is 6.44. The van der Waals surface area contributed by atoms with Crippen LogP contribution in [0.2, 0.25) is 0 Å². The van der Waals surface area contributed by atoms with Crippen molar-refractivity contribution in [1.82, 2.24) is 25.2 Å². The van der Waals surface area contributed by atoms with Crippen LogP contribution in [0.25, 0.3) is 16.9 Å². The quantitative estimate of drug-likeness (QED) is 0.409. The molecule has 1 aromatic carbocycles. The maximum Gasteiger partial charge on any atom is 0.328 e. The van der Waals surface area contributed by atoms with Crippen LogP contribution in [0.4, 0.5) is 0 Å². The summed E-state index contributed by atoms with van der Waals surface area (Å²) in [5.74, 6) is 0.894. The first-order valence-corrected chi connectivity index (χ1v) is 14.4. The number of nitrogens with one attached hydrogen (secondary N) is 2. The van der Waals surface area contributed by atoms with Crippen molar-refractivity contribution >= 4 is 22.9 Å². The summed E-state index contributed by atoms with van der Waals surface area (Å²) in [4.78, 5) is 35.2. The molecule has 2 aromatic heterocycles. The maximum absolute atomic E-state index is 13.0. The van der Waals surface area contributed by atoms with E-state index in [2.05, 4.69) is 44.5 Å². The zero-order valence-electron chi connectivity index (χ0n) is 22.6. The van der Waals surface area contributed by atoms with Crippen molar-refractivity contribution in [3.8, 4) is 5.69 Å². The molecule has 3 aliphatic rings. The van der Waals surface area contributed by atoms with E-state index in [9.17, 15) is 9.59 Å². The second-order valence-corrected chi connectivity index (χ2v) is 11.0. The predicted octanol–water partition coefficient (Wildman–Crippen LogP) is 4.72. The Hall–Kier alpha value is -3.52. The van der Waals surface area contributed by atoms with Crippen LogP contribution in [0, 0.1) is 5.41 Å². The molecule has 0 radical (unpaired) electrons. The summed E-state index contributed by atoms with van der Waals surface area (Å²) in [5, 5.41) is 7.05. The van der Waals surface area contributed by atoms with Gasteiger partial charge < -0.3 is 15.4 Å². The second-order valence-electron chi connectivity index (χ2n) is 11.0. The van der Waals surface area contributed by atoms with Gasteiger partial charge in [-0.05, 0) is 69.0 Å². The first-order valence-electron chi connectivity index (χ1n) is 14.4. The minimum absolute atomic E-state index is 0.190. The third-order valence-electron chi connectivity index (χ3n) is 8.57. The van der Waals surface area contributed by atoms with Gasteiger partial charge in [0.15, 0.2) is 11.4 Å². The molecule has 2 N–H and O–H groups in total. The molecule has 8 heteroatoms. The van der Waals surface area contributed by atoms with Gasteiger partial charge in [0, 0.05) is 30.1 Å². The van der Waals surface area contributed by atoms with Gasteiger partial charge in [0.2, 0.25) is 0 Å². The first-order chi connectivity index (χ1) is 19.1. The molecule has 204 valence electrons. The monoisotopic (exact) mass is 527 g/mol. The molecule has 0 bridgehead atoms. The lowest BCUT2D eigenvalue weighted by Crippen LogP contribution is -2.52. The molecule has 2 fully saturated rings. The Labute approximate surface area is 229 Å². The number of esters is 1. The lowest BCUT2D eigenvalue weighted by molar-refractivity contribution is -0.146. The van der Waals surface area contributed by atoms with Crippen LogP contribution in [0.3, 0.4) is 0 Å². The third kappa shape index (κ3) is 4.86. The fourth-order valence-electron chi connectivity index (χ4n) is 6.44. The van der Waals surface area contributed by atoms with E-state index in [1.165, 1.54) is 12.8 Å². The van der Waals surface area contributed by atoms with E-state index in [1.54, 1.807) is 6.08 Å². The summed E-state index contributed by atoms with van der Waals surface area (Å²) in [6, 6.07) is 11.9. The number of carbonyl (C=O) groups excluding carboxylic acids is 2. The standard InChI is InChI=1S/C31H37N5O3/c1-2-39-30(38)25(34-26-20-27(37)31(26)15-5-3-6-16-31)19-21-11-13-22(14-12-21)36-28-24(10-8-18-33-28)35-29(36)23-9-4-7-17-32-23/h8,10-14,18,20,23,25,32,34H,2-7,9,15-17,19H2,1H3/t23-,25-/m0/s1. The van der Waals surface area contributed by atoms with E-state index in [0.29, 0.717) is 13.0 Å². The molecule has 3 heterocycles. The highest BCUT2D eigenvalue weighted by Gasteiger charge is 2.49. The molecule has 8 nitrogen and oxygen atoms in total. The Bertz CT molecular complexity index is 1380. The average molecular weight is 528 g/mol. The molecule has 39 heavy (non-hydrogen) atoms. The van der Waals surface area contributed by atoms with Gasteiger partial charge in [-0.2, -0.15) is 0 Å². The lowest BCUT2D eigenvalue weighted by Gasteiger charge is -2.44. The molecular weight excluding hydrogens is 490 g/mol. The molecule has 3 aromatic rings. The van der Waals surface area contributed by atoms with Gasteiger partial charge in [-0.3, -0.25) is 9.36 Å². The highest BCUT2D eigenvalue weighted by Crippen LogP contribution is 2.48. The van der Waals surface area contributed by atoms with Crippen molar-refractivity contribution in [3.63, 3.8) is 0 Å². The number of piperidine rings is 1. The number of ether oxygens (including phenoxy) is 1. The normalized spacial score (nSPS) is 21.3. The van der Waals surface area contributed by atoms with E-state index in [4.69, 9.17) is 9.72 Å². The van der Waals surface area contributed by atoms with E-state index >= 15 is 0 Å². The highest BCUT2D eigenvalue weighted by atomic mass is 16.5. The molecule has 1 aliphatic heterocycles.